The van der Waals surface area contributed by atoms with Gasteiger partial charge in [0.05, 0.1) is 11.6 Å². The lowest BCUT2D eigenvalue weighted by atomic mass is 10.1. The molecule has 0 amide bonds. The fraction of sp³-hybridized carbons (Fsp3) is 0.533. The van der Waals surface area contributed by atoms with Gasteiger partial charge in [0.25, 0.3) is 0 Å². The third-order valence-corrected chi connectivity index (χ3v) is 4.29. The van der Waals surface area contributed by atoms with Crippen molar-refractivity contribution in [1.82, 2.24) is 10.2 Å². The van der Waals surface area contributed by atoms with Crippen LogP contribution >= 0.6 is 0 Å². The second kappa shape index (κ2) is 5.20. The molecule has 2 saturated heterocycles. The summed E-state index contributed by atoms with van der Waals surface area (Å²) in [6.07, 6.45) is 0. The van der Waals surface area contributed by atoms with Crippen LogP contribution in [0.3, 0.4) is 0 Å². The molecule has 0 radical (unpaired) electrons. The summed E-state index contributed by atoms with van der Waals surface area (Å²) in [5.74, 6) is 0. The molecule has 4 nitrogen and oxygen atoms in total. The van der Waals surface area contributed by atoms with Gasteiger partial charge in [-0.15, -0.1) is 0 Å². The zero-order valence-corrected chi connectivity index (χ0v) is 11.4. The van der Waals surface area contributed by atoms with Gasteiger partial charge in [0.15, 0.2) is 0 Å². The molecule has 3 rings (SSSR count). The van der Waals surface area contributed by atoms with Gasteiger partial charge in [0.2, 0.25) is 0 Å². The number of rotatable bonds is 2. The molecule has 0 unspecified atom stereocenters. The largest absolute Gasteiger partial charge is 0.369 e. The fourth-order valence-electron chi connectivity index (χ4n) is 2.85. The summed E-state index contributed by atoms with van der Waals surface area (Å²) < 4.78 is 0. The van der Waals surface area contributed by atoms with Gasteiger partial charge >= 0.3 is 0 Å². The van der Waals surface area contributed by atoms with Crippen molar-refractivity contribution < 1.29 is 0 Å². The van der Waals surface area contributed by atoms with E-state index in [4.69, 9.17) is 5.26 Å². The first-order valence-corrected chi connectivity index (χ1v) is 6.98. The van der Waals surface area contributed by atoms with Crippen LogP contribution in [-0.4, -0.2) is 50.2 Å². The van der Waals surface area contributed by atoms with E-state index in [-0.39, 0.29) is 0 Å². The van der Waals surface area contributed by atoms with E-state index in [2.05, 4.69) is 33.3 Å². The molecule has 2 aliphatic rings. The van der Waals surface area contributed by atoms with Crippen molar-refractivity contribution in [1.29, 1.82) is 5.26 Å². The smallest absolute Gasteiger partial charge is 0.0994 e. The molecule has 1 aromatic rings. The third-order valence-electron chi connectivity index (χ3n) is 4.29. The van der Waals surface area contributed by atoms with Crippen molar-refractivity contribution in [3.8, 4) is 6.07 Å². The Labute approximate surface area is 114 Å². The molecule has 1 aromatic carbocycles. The molecular formula is C15H20N4. The molecule has 0 saturated carbocycles. The number of nitriles is 1. The zero-order valence-electron chi connectivity index (χ0n) is 11.4. The van der Waals surface area contributed by atoms with E-state index in [1.165, 1.54) is 5.69 Å². The van der Waals surface area contributed by atoms with Gasteiger partial charge < -0.3 is 10.2 Å². The Balaban J connectivity index is 1.64. The Hall–Kier alpha value is -1.57. The summed E-state index contributed by atoms with van der Waals surface area (Å²) in [7, 11) is 0. The van der Waals surface area contributed by atoms with Crippen LogP contribution in [0.1, 0.15) is 11.1 Å². The lowest BCUT2D eigenvalue weighted by Gasteiger charge is -2.44. The van der Waals surface area contributed by atoms with Crippen molar-refractivity contribution >= 4 is 5.69 Å². The van der Waals surface area contributed by atoms with Crippen LogP contribution in [0, 0.1) is 18.3 Å². The highest BCUT2D eigenvalue weighted by Gasteiger charge is 2.27. The number of aryl methyl sites for hydroxylation is 1. The Bertz CT molecular complexity index is 493. The maximum Gasteiger partial charge on any atom is 0.0994 e. The highest BCUT2D eigenvalue weighted by Crippen LogP contribution is 2.21. The number of hydrogen-bond acceptors (Lipinski definition) is 4. The second-order valence-corrected chi connectivity index (χ2v) is 5.45. The first-order valence-electron chi connectivity index (χ1n) is 6.98. The van der Waals surface area contributed by atoms with Gasteiger partial charge in [-0.05, 0) is 30.7 Å². The molecule has 0 bridgehead atoms. The van der Waals surface area contributed by atoms with E-state index < -0.39 is 0 Å². The van der Waals surface area contributed by atoms with Crippen molar-refractivity contribution in [2.24, 2.45) is 0 Å². The van der Waals surface area contributed by atoms with E-state index in [1.54, 1.807) is 0 Å². The lowest BCUT2D eigenvalue weighted by molar-refractivity contribution is 0.138. The summed E-state index contributed by atoms with van der Waals surface area (Å²) in [5.41, 5.74) is 3.11. The van der Waals surface area contributed by atoms with Gasteiger partial charge in [-0.2, -0.15) is 5.26 Å². The topological polar surface area (TPSA) is 42.3 Å². The monoisotopic (exact) mass is 256 g/mol. The summed E-state index contributed by atoms with van der Waals surface area (Å²) in [6.45, 7) is 8.77. The van der Waals surface area contributed by atoms with Crippen LogP contribution in [0.5, 0.6) is 0 Å². The number of hydrogen-bond donors (Lipinski definition) is 1. The first-order chi connectivity index (χ1) is 9.28. The average Bonchev–Trinajstić information content (AvgIpc) is 2.37. The van der Waals surface area contributed by atoms with E-state index >= 15 is 0 Å². The summed E-state index contributed by atoms with van der Waals surface area (Å²) in [5, 5.41) is 12.3. The molecule has 1 N–H and O–H groups in total. The highest BCUT2D eigenvalue weighted by molar-refractivity contribution is 5.53. The first kappa shape index (κ1) is 12.5. The predicted octanol–water partition coefficient (Wildman–Crippen LogP) is 0.960. The van der Waals surface area contributed by atoms with E-state index in [1.807, 2.05) is 13.0 Å². The molecule has 2 fully saturated rings. The van der Waals surface area contributed by atoms with Crippen LogP contribution < -0.4 is 10.2 Å². The molecule has 100 valence electrons. The van der Waals surface area contributed by atoms with Gasteiger partial charge in [-0.3, -0.25) is 4.90 Å². The predicted molar refractivity (Wildman–Crippen MR) is 76.3 cm³/mol. The quantitative estimate of drug-likeness (QED) is 0.856. The summed E-state index contributed by atoms with van der Waals surface area (Å²) in [4.78, 5) is 5.01. The molecule has 0 spiro atoms. The third kappa shape index (κ3) is 2.44. The average molecular weight is 256 g/mol. The Morgan fingerprint density at radius 2 is 1.95 bits per heavy atom. The number of piperazine rings is 1. The molecule has 19 heavy (non-hydrogen) atoms. The van der Waals surface area contributed by atoms with E-state index in [0.29, 0.717) is 0 Å². The molecule has 0 aliphatic carbocycles. The number of nitrogens with zero attached hydrogens (tertiary/aromatic N) is 3. The van der Waals surface area contributed by atoms with E-state index in [0.717, 1.165) is 56.4 Å². The van der Waals surface area contributed by atoms with Crippen LogP contribution in [-0.2, 0) is 0 Å². The van der Waals surface area contributed by atoms with E-state index in [9.17, 15) is 0 Å². The van der Waals surface area contributed by atoms with Crippen LogP contribution in [0.25, 0.3) is 0 Å². The zero-order chi connectivity index (χ0) is 13.2. The number of anilines is 1. The van der Waals surface area contributed by atoms with Crippen LogP contribution in [0.15, 0.2) is 18.2 Å². The molecule has 4 heteroatoms. The Kier molecular flexibility index (Phi) is 3.41. The minimum atomic E-state index is 0.754. The molecular weight excluding hydrogens is 236 g/mol. The van der Waals surface area contributed by atoms with Crippen molar-refractivity contribution in [2.45, 2.75) is 13.0 Å². The maximum absolute atomic E-state index is 8.97. The van der Waals surface area contributed by atoms with Crippen LogP contribution in [0.2, 0.25) is 0 Å². The molecule has 0 aromatic heterocycles. The van der Waals surface area contributed by atoms with Gasteiger partial charge in [-0.1, -0.05) is 0 Å². The summed E-state index contributed by atoms with van der Waals surface area (Å²) >= 11 is 0. The van der Waals surface area contributed by atoms with Crippen molar-refractivity contribution in [3.05, 3.63) is 29.3 Å². The second-order valence-electron chi connectivity index (χ2n) is 5.45. The fourth-order valence-corrected chi connectivity index (χ4v) is 2.85. The number of benzene rings is 1. The Morgan fingerprint density at radius 1 is 1.21 bits per heavy atom. The highest BCUT2D eigenvalue weighted by atomic mass is 15.3. The van der Waals surface area contributed by atoms with Gasteiger partial charge in [0, 0.05) is 51.0 Å². The normalized spacial score (nSPS) is 20.9. The van der Waals surface area contributed by atoms with Crippen molar-refractivity contribution in [2.75, 3.05) is 44.2 Å². The summed E-state index contributed by atoms with van der Waals surface area (Å²) in [6, 6.07) is 9.13. The molecule has 2 heterocycles. The van der Waals surface area contributed by atoms with Gasteiger partial charge in [-0.25, -0.2) is 0 Å². The molecule has 2 aliphatic heterocycles. The lowest BCUT2D eigenvalue weighted by Crippen LogP contribution is -2.61. The Morgan fingerprint density at radius 3 is 2.47 bits per heavy atom. The standard InChI is InChI=1S/C15H20N4/c1-12-8-14(3-2-13(12)9-16)18-4-6-19(7-5-18)15-10-17-11-15/h2-3,8,15,17H,4-7,10-11H2,1H3. The minimum absolute atomic E-state index is 0.754. The van der Waals surface area contributed by atoms with Crippen molar-refractivity contribution in [3.63, 3.8) is 0 Å². The number of nitrogens with one attached hydrogen (secondary N) is 1. The molecule has 0 atom stereocenters. The SMILES string of the molecule is Cc1cc(N2CCN(C3CNC3)CC2)ccc1C#N. The maximum atomic E-state index is 8.97. The minimum Gasteiger partial charge on any atom is -0.369 e. The van der Waals surface area contributed by atoms with Crippen LogP contribution in [0.4, 0.5) is 5.69 Å². The van der Waals surface area contributed by atoms with Gasteiger partial charge in [0.1, 0.15) is 0 Å².